The predicted molar refractivity (Wildman–Crippen MR) is 47.5 cm³/mol. The summed E-state index contributed by atoms with van der Waals surface area (Å²) in [5, 5.41) is -0.154. The first-order chi connectivity index (χ1) is 6.95. The monoisotopic (exact) mass is 276 g/mol. The average Bonchev–Trinajstić information content (AvgIpc) is 2.14. The van der Waals surface area contributed by atoms with Crippen molar-refractivity contribution in [3.05, 3.63) is 22.8 Å². The van der Waals surface area contributed by atoms with Gasteiger partial charge in [0.1, 0.15) is 18.2 Å². The Balaban J connectivity index is 0.00000225. The molecule has 1 heterocycles. The first kappa shape index (κ1) is 15.3. The van der Waals surface area contributed by atoms with E-state index in [0.717, 1.165) is 6.07 Å². The second-order valence-electron chi connectivity index (χ2n) is 2.71. The second kappa shape index (κ2) is 6.12. The molecule has 1 aromatic rings. The van der Waals surface area contributed by atoms with Crippen molar-refractivity contribution in [2.75, 3.05) is 13.2 Å². The Morgan fingerprint density at radius 2 is 2.06 bits per heavy atom. The van der Waals surface area contributed by atoms with E-state index in [0.29, 0.717) is 12.7 Å². The molecule has 0 bridgehead atoms. The number of aromatic nitrogens is 1. The van der Waals surface area contributed by atoms with Crippen LogP contribution in [0.15, 0.2) is 12.3 Å². The van der Waals surface area contributed by atoms with E-state index in [1.54, 1.807) is 0 Å². The number of hydrogen-bond acceptors (Lipinski definition) is 2. The summed E-state index contributed by atoms with van der Waals surface area (Å²) < 4.78 is 41.6. The second-order valence-corrected chi connectivity index (χ2v) is 3.12. The molecule has 16 heavy (non-hydrogen) atoms. The average molecular weight is 277 g/mol. The summed E-state index contributed by atoms with van der Waals surface area (Å²) in [7, 11) is 0. The van der Waals surface area contributed by atoms with Gasteiger partial charge < -0.3 is 22.9 Å². The maximum absolute atomic E-state index is 12.2. The standard InChI is InChI=1S/C8H8ClF3N2O.ClH/c9-6-3-5(8(10,11)12)4-14-7(6)15-2-1-13;/h3-4H,1-2,13H2;1H. The molecule has 1 rings (SSSR count). The number of halogens is 5. The molecule has 8 heteroatoms. The molecule has 0 spiro atoms. The molecule has 0 aliphatic rings. The van der Waals surface area contributed by atoms with Crippen LogP contribution in [-0.4, -0.2) is 18.1 Å². The van der Waals surface area contributed by atoms with Crippen LogP contribution in [0, 0.1) is 0 Å². The highest BCUT2D eigenvalue weighted by Gasteiger charge is 2.31. The van der Waals surface area contributed by atoms with Gasteiger partial charge in [0.15, 0.2) is 0 Å². The van der Waals surface area contributed by atoms with Crippen molar-refractivity contribution in [3.8, 4) is 5.88 Å². The van der Waals surface area contributed by atoms with Gasteiger partial charge in [0.2, 0.25) is 5.88 Å². The molecule has 0 aliphatic heterocycles. The minimum Gasteiger partial charge on any atom is -1.00 e. The summed E-state index contributed by atoms with van der Waals surface area (Å²) in [6, 6.07) is 0.785. The minimum atomic E-state index is -4.44. The number of hydrogen-bond donors (Lipinski definition) is 1. The number of alkyl halides is 3. The fourth-order valence-corrected chi connectivity index (χ4v) is 1.08. The summed E-state index contributed by atoms with van der Waals surface area (Å²) in [5.41, 5.74) is 2.62. The third-order valence-corrected chi connectivity index (χ3v) is 1.79. The number of ether oxygens (including phenoxy) is 1. The van der Waals surface area contributed by atoms with Gasteiger partial charge in [0, 0.05) is 6.20 Å². The number of pyridine rings is 1. The van der Waals surface area contributed by atoms with Crippen LogP contribution in [0.25, 0.3) is 0 Å². The first-order valence-corrected chi connectivity index (χ1v) is 4.47. The van der Waals surface area contributed by atoms with Crippen molar-refractivity contribution >= 4 is 11.6 Å². The van der Waals surface area contributed by atoms with E-state index in [-0.39, 0.29) is 29.9 Å². The molecule has 0 saturated heterocycles. The zero-order chi connectivity index (χ0) is 11.5. The molecule has 0 aromatic carbocycles. The van der Waals surface area contributed by atoms with Crippen molar-refractivity contribution in [3.63, 3.8) is 0 Å². The van der Waals surface area contributed by atoms with Crippen LogP contribution in [0.4, 0.5) is 13.2 Å². The van der Waals surface area contributed by atoms with Gasteiger partial charge in [-0.1, -0.05) is 11.6 Å². The lowest BCUT2D eigenvalue weighted by Crippen LogP contribution is -3.00. The fourth-order valence-electron chi connectivity index (χ4n) is 0.855. The molecule has 0 atom stereocenters. The van der Waals surface area contributed by atoms with Crippen molar-refractivity contribution in [1.29, 1.82) is 0 Å². The van der Waals surface area contributed by atoms with Crippen LogP contribution in [0.3, 0.4) is 0 Å². The van der Waals surface area contributed by atoms with Crippen LogP contribution in [0.2, 0.25) is 5.02 Å². The lowest BCUT2D eigenvalue weighted by atomic mass is 10.3. The Bertz CT molecular complexity index is 347. The zero-order valence-electron chi connectivity index (χ0n) is 8.02. The van der Waals surface area contributed by atoms with E-state index in [2.05, 4.69) is 10.7 Å². The van der Waals surface area contributed by atoms with Gasteiger partial charge in [-0.05, 0) is 6.07 Å². The van der Waals surface area contributed by atoms with E-state index in [1.165, 1.54) is 0 Å². The van der Waals surface area contributed by atoms with Crippen molar-refractivity contribution in [1.82, 2.24) is 4.98 Å². The van der Waals surface area contributed by atoms with Gasteiger partial charge in [0.25, 0.3) is 0 Å². The maximum atomic E-state index is 12.2. The summed E-state index contributed by atoms with van der Waals surface area (Å²) >= 11 is 5.56. The summed E-state index contributed by atoms with van der Waals surface area (Å²) in [5.74, 6) is -0.00619. The molecule has 92 valence electrons. The highest BCUT2D eigenvalue weighted by Crippen LogP contribution is 2.32. The zero-order valence-corrected chi connectivity index (χ0v) is 9.53. The number of rotatable bonds is 3. The fraction of sp³-hybridized carbons (Fsp3) is 0.375. The van der Waals surface area contributed by atoms with E-state index in [4.69, 9.17) is 16.3 Å². The van der Waals surface area contributed by atoms with Crippen LogP contribution in [0.1, 0.15) is 5.56 Å². The summed E-state index contributed by atoms with van der Waals surface area (Å²) in [6.07, 6.45) is -3.76. The van der Waals surface area contributed by atoms with Crippen molar-refractivity contribution < 1.29 is 36.0 Å². The molecular weight excluding hydrogens is 268 g/mol. The van der Waals surface area contributed by atoms with E-state index < -0.39 is 11.7 Å². The van der Waals surface area contributed by atoms with Crippen LogP contribution >= 0.6 is 11.6 Å². The Morgan fingerprint density at radius 3 is 2.50 bits per heavy atom. The van der Waals surface area contributed by atoms with E-state index >= 15 is 0 Å². The third kappa shape index (κ3) is 4.03. The SMILES string of the molecule is [Cl-].[NH3+]CCOc1ncc(C(F)(F)F)cc1Cl. The van der Waals surface area contributed by atoms with Gasteiger partial charge in [-0.25, -0.2) is 4.98 Å². The van der Waals surface area contributed by atoms with Gasteiger partial charge >= 0.3 is 6.18 Å². The van der Waals surface area contributed by atoms with Crippen LogP contribution in [0.5, 0.6) is 5.88 Å². The molecule has 3 N–H and O–H groups in total. The molecule has 0 saturated carbocycles. The van der Waals surface area contributed by atoms with E-state index in [9.17, 15) is 13.2 Å². The topological polar surface area (TPSA) is 49.8 Å². The normalized spacial score (nSPS) is 10.8. The minimum absolute atomic E-state index is 0. The molecule has 1 aromatic heterocycles. The van der Waals surface area contributed by atoms with Crippen molar-refractivity contribution in [2.45, 2.75) is 6.18 Å². The highest BCUT2D eigenvalue weighted by atomic mass is 35.5. The summed E-state index contributed by atoms with van der Waals surface area (Å²) in [6.45, 7) is 0.747. The van der Waals surface area contributed by atoms with Crippen LogP contribution in [-0.2, 0) is 6.18 Å². The number of nitrogens with zero attached hydrogens (tertiary/aromatic N) is 1. The van der Waals surface area contributed by atoms with E-state index in [1.807, 2.05) is 0 Å². The third-order valence-electron chi connectivity index (χ3n) is 1.52. The Hall–Kier alpha value is -0.720. The summed E-state index contributed by atoms with van der Waals surface area (Å²) in [4.78, 5) is 3.48. The maximum Gasteiger partial charge on any atom is 0.417 e. The largest absolute Gasteiger partial charge is 1.00 e. The van der Waals surface area contributed by atoms with Gasteiger partial charge in [0.05, 0.1) is 5.56 Å². The predicted octanol–water partition coefficient (Wildman–Crippen LogP) is -1.62. The van der Waals surface area contributed by atoms with Gasteiger partial charge in [-0.15, -0.1) is 0 Å². The quantitative estimate of drug-likeness (QED) is 0.722. The molecule has 0 unspecified atom stereocenters. The lowest BCUT2D eigenvalue weighted by molar-refractivity contribution is -0.371. The van der Waals surface area contributed by atoms with Gasteiger partial charge in [-0.3, -0.25) is 0 Å². The van der Waals surface area contributed by atoms with Gasteiger partial charge in [-0.2, -0.15) is 13.2 Å². The Kier molecular flexibility index (Phi) is 5.85. The first-order valence-electron chi connectivity index (χ1n) is 4.10. The molecule has 3 nitrogen and oxygen atoms in total. The van der Waals surface area contributed by atoms with Crippen molar-refractivity contribution in [2.24, 2.45) is 0 Å². The lowest BCUT2D eigenvalue weighted by Gasteiger charge is -2.08. The molecule has 0 radical (unpaired) electrons. The number of quaternary nitrogens is 1. The molecule has 0 aliphatic carbocycles. The molecule has 0 fully saturated rings. The Morgan fingerprint density at radius 1 is 1.44 bits per heavy atom. The van der Waals surface area contributed by atoms with Crippen LogP contribution < -0.4 is 22.9 Å². The molecule has 0 amide bonds. The highest BCUT2D eigenvalue weighted by molar-refractivity contribution is 6.31. The Labute approximate surface area is 101 Å². The molecular formula is C8H9Cl2F3N2O. The smallest absolute Gasteiger partial charge is 0.417 e.